The van der Waals surface area contributed by atoms with Crippen LogP contribution in [-0.2, 0) is 6.61 Å². The topological polar surface area (TPSA) is 53.2 Å². The third-order valence-electron chi connectivity index (χ3n) is 2.91. The lowest BCUT2D eigenvalue weighted by Crippen LogP contribution is -2.02. The number of rotatable bonds is 4. The lowest BCUT2D eigenvalue weighted by Gasteiger charge is -2.13. The van der Waals surface area contributed by atoms with Gasteiger partial charge in [-0.3, -0.25) is 0 Å². The number of nitriles is 1. The number of hydrogen-bond acceptors (Lipinski definition) is 3. The van der Waals surface area contributed by atoms with E-state index in [-0.39, 0.29) is 17.9 Å². The summed E-state index contributed by atoms with van der Waals surface area (Å²) in [6.07, 6.45) is -0.817. The van der Waals surface area contributed by atoms with Crippen LogP contribution in [-0.4, -0.2) is 5.11 Å². The molecule has 21 heavy (non-hydrogen) atoms. The first-order chi connectivity index (χ1) is 9.99. The minimum Gasteiger partial charge on any atom is -0.488 e. The molecule has 2 aromatic rings. The van der Waals surface area contributed by atoms with Crippen molar-refractivity contribution in [3.05, 3.63) is 64.7 Å². The van der Waals surface area contributed by atoms with Crippen LogP contribution in [0.25, 0.3) is 0 Å². The maximum absolute atomic E-state index is 13.3. The van der Waals surface area contributed by atoms with Crippen LogP contribution in [0.5, 0.6) is 5.75 Å². The summed E-state index contributed by atoms with van der Waals surface area (Å²) in [5, 5.41) is 18.4. The van der Waals surface area contributed by atoms with Crippen molar-refractivity contribution >= 4 is 0 Å². The Morgan fingerprint density at radius 1 is 1.19 bits per heavy atom. The van der Waals surface area contributed by atoms with Crippen molar-refractivity contribution in [2.45, 2.75) is 19.6 Å². The zero-order chi connectivity index (χ0) is 15.4. The van der Waals surface area contributed by atoms with E-state index in [2.05, 4.69) is 0 Å². The summed E-state index contributed by atoms with van der Waals surface area (Å²) < 4.78 is 32.0. The summed E-state index contributed by atoms with van der Waals surface area (Å²) in [5.74, 6) is -0.846. The monoisotopic (exact) mass is 289 g/mol. The molecule has 0 heterocycles. The van der Waals surface area contributed by atoms with E-state index in [1.54, 1.807) is 0 Å². The SMILES string of the molecule is C[C@H](O)c1ccc(F)cc1OCc1cc(F)cc(C#N)c1. The van der Waals surface area contributed by atoms with E-state index in [9.17, 15) is 13.9 Å². The van der Waals surface area contributed by atoms with Crippen LogP contribution in [0.15, 0.2) is 36.4 Å². The van der Waals surface area contributed by atoms with Gasteiger partial charge in [0.15, 0.2) is 0 Å². The molecule has 0 unspecified atom stereocenters. The fraction of sp³-hybridized carbons (Fsp3) is 0.188. The number of ether oxygens (including phenoxy) is 1. The summed E-state index contributed by atoms with van der Waals surface area (Å²) in [6, 6.07) is 9.51. The molecular formula is C16H13F2NO2. The molecule has 2 rings (SSSR count). The number of halogens is 2. The van der Waals surface area contributed by atoms with E-state index in [1.165, 1.54) is 31.2 Å². The van der Waals surface area contributed by atoms with Gasteiger partial charge in [0.05, 0.1) is 17.7 Å². The Hall–Kier alpha value is -2.45. The van der Waals surface area contributed by atoms with E-state index in [4.69, 9.17) is 10.00 Å². The molecule has 3 nitrogen and oxygen atoms in total. The van der Waals surface area contributed by atoms with E-state index < -0.39 is 17.7 Å². The van der Waals surface area contributed by atoms with Crippen LogP contribution in [0.4, 0.5) is 8.78 Å². The third kappa shape index (κ3) is 3.77. The number of hydrogen-bond donors (Lipinski definition) is 1. The molecule has 0 aromatic heterocycles. The number of aliphatic hydroxyl groups excluding tert-OH is 1. The van der Waals surface area contributed by atoms with Crippen LogP contribution in [0, 0.1) is 23.0 Å². The molecular weight excluding hydrogens is 276 g/mol. The van der Waals surface area contributed by atoms with Gasteiger partial charge in [-0.05, 0) is 42.8 Å². The van der Waals surface area contributed by atoms with Crippen LogP contribution in [0.1, 0.15) is 29.7 Å². The second-order valence-electron chi connectivity index (χ2n) is 4.61. The highest BCUT2D eigenvalue weighted by molar-refractivity contribution is 5.37. The highest BCUT2D eigenvalue weighted by atomic mass is 19.1. The van der Waals surface area contributed by atoms with Crippen molar-refractivity contribution in [2.75, 3.05) is 0 Å². The highest BCUT2D eigenvalue weighted by Gasteiger charge is 2.11. The molecule has 0 aliphatic heterocycles. The Morgan fingerprint density at radius 3 is 2.62 bits per heavy atom. The largest absolute Gasteiger partial charge is 0.488 e. The summed E-state index contributed by atoms with van der Waals surface area (Å²) in [5.41, 5.74) is 1.07. The van der Waals surface area contributed by atoms with Gasteiger partial charge in [-0.25, -0.2) is 8.78 Å². The molecule has 0 bridgehead atoms. The summed E-state index contributed by atoms with van der Waals surface area (Å²) >= 11 is 0. The van der Waals surface area contributed by atoms with Crippen molar-refractivity contribution in [1.82, 2.24) is 0 Å². The van der Waals surface area contributed by atoms with Crippen LogP contribution in [0.2, 0.25) is 0 Å². The van der Waals surface area contributed by atoms with Crippen molar-refractivity contribution in [1.29, 1.82) is 5.26 Å². The van der Waals surface area contributed by atoms with Crippen molar-refractivity contribution < 1.29 is 18.6 Å². The highest BCUT2D eigenvalue weighted by Crippen LogP contribution is 2.27. The van der Waals surface area contributed by atoms with Gasteiger partial charge in [-0.1, -0.05) is 0 Å². The van der Waals surface area contributed by atoms with E-state index >= 15 is 0 Å². The molecule has 0 saturated carbocycles. The van der Waals surface area contributed by atoms with E-state index in [0.29, 0.717) is 11.1 Å². The van der Waals surface area contributed by atoms with Crippen molar-refractivity contribution in [2.24, 2.45) is 0 Å². The molecule has 2 aromatic carbocycles. The minimum absolute atomic E-state index is 0.0321. The maximum atomic E-state index is 13.3. The second-order valence-corrected chi connectivity index (χ2v) is 4.61. The summed E-state index contributed by atoms with van der Waals surface area (Å²) in [6.45, 7) is 1.51. The Morgan fingerprint density at radius 2 is 1.95 bits per heavy atom. The van der Waals surface area contributed by atoms with Gasteiger partial charge in [0.25, 0.3) is 0 Å². The van der Waals surface area contributed by atoms with Gasteiger partial charge in [0.2, 0.25) is 0 Å². The molecule has 1 atom stereocenters. The molecule has 1 N–H and O–H groups in total. The molecule has 0 fully saturated rings. The third-order valence-corrected chi connectivity index (χ3v) is 2.91. The number of nitrogens with zero attached hydrogens (tertiary/aromatic N) is 1. The van der Waals surface area contributed by atoms with E-state index in [1.807, 2.05) is 6.07 Å². The van der Waals surface area contributed by atoms with Crippen molar-refractivity contribution in [3.8, 4) is 11.8 Å². The van der Waals surface area contributed by atoms with Crippen LogP contribution >= 0.6 is 0 Å². The number of aliphatic hydroxyl groups is 1. The number of benzene rings is 2. The zero-order valence-electron chi connectivity index (χ0n) is 11.3. The van der Waals surface area contributed by atoms with Gasteiger partial charge in [-0.15, -0.1) is 0 Å². The van der Waals surface area contributed by atoms with Gasteiger partial charge in [-0.2, -0.15) is 5.26 Å². The lowest BCUT2D eigenvalue weighted by molar-refractivity contribution is 0.189. The summed E-state index contributed by atoms with van der Waals surface area (Å²) in [4.78, 5) is 0. The average Bonchev–Trinajstić information content (AvgIpc) is 2.44. The normalized spacial score (nSPS) is 11.8. The first-order valence-electron chi connectivity index (χ1n) is 6.29. The first kappa shape index (κ1) is 14.9. The second kappa shape index (κ2) is 6.33. The van der Waals surface area contributed by atoms with Gasteiger partial charge >= 0.3 is 0 Å². The van der Waals surface area contributed by atoms with Crippen LogP contribution < -0.4 is 4.74 Å². The summed E-state index contributed by atoms with van der Waals surface area (Å²) in [7, 11) is 0. The minimum atomic E-state index is -0.817. The molecule has 108 valence electrons. The Kier molecular flexibility index (Phi) is 4.51. The van der Waals surface area contributed by atoms with Crippen molar-refractivity contribution in [3.63, 3.8) is 0 Å². The Balaban J connectivity index is 2.22. The molecule has 0 radical (unpaired) electrons. The molecule has 0 amide bonds. The fourth-order valence-corrected chi connectivity index (χ4v) is 1.94. The zero-order valence-corrected chi connectivity index (χ0v) is 11.3. The van der Waals surface area contributed by atoms with Crippen LogP contribution in [0.3, 0.4) is 0 Å². The van der Waals surface area contributed by atoms with E-state index in [0.717, 1.165) is 12.1 Å². The smallest absolute Gasteiger partial charge is 0.128 e. The average molecular weight is 289 g/mol. The lowest BCUT2D eigenvalue weighted by atomic mass is 10.1. The standard InChI is InChI=1S/C16H13F2NO2/c1-10(20)15-3-2-13(17)7-16(15)21-9-12-4-11(8-19)5-14(18)6-12/h2-7,10,20H,9H2,1H3/t10-/m0/s1. The molecule has 0 saturated heterocycles. The predicted molar refractivity (Wildman–Crippen MR) is 72.5 cm³/mol. The molecule has 5 heteroatoms. The Labute approximate surface area is 121 Å². The molecule has 0 aliphatic rings. The quantitative estimate of drug-likeness (QED) is 0.937. The first-order valence-corrected chi connectivity index (χ1v) is 6.29. The van der Waals surface area contributed by atoms with Gasteiger partial charge in [0.1, 0.15) is 24.0 Å². The fourth-order valence-electron chi connectivity index (χ4n) is 1.94. The van der Waals surface area contributed by atoms with Gasteiger partial charge in [0, 0.05) is 11.6 Å². The molecule has 0 aliphatic carbocycles. The maximum Gasteiger partial charge on any atom is 0.128 e. The predicted octanol–water partition coefficient (Wildman–Crippen LogP) is 3.47. The molecule has 0 spiro atoms. The Bertz CT molecular complexity index is 693. The van der Waals surface area contributed by atoms with Gasteiger partial charge < -0.3 is 9.84 Å².